The summed E-state index contributed by atoms with van der Waals surface area (Å²) < 4.78 is 32.5. The van der Waals surface area contributed by atoms with Crippen LogP contribution in [0, 0.1) is 13.8 Å². The van der Waals surface area contributed by atoms with Gasteiger partial charge in [0.1, 0.15) is 5.76 Å². The smallest absolute Gasteiger partial charge is 0.243 e. The van der Waals surface area contributed by atoms with Crippen molar-refractivity contribution < 1.29 is 17.7 Å². The highest BCUT2D eigenvalue weighted by atomic mass is 32.2. The molecule has 0 spiro atoms. The van der Waals surface area contributed by atoms with Gasteiger partial charge in [-0.1, -0.05) is 17.3 Å². The summed E-state index contributed by atoms with van der Waals surface area (Å²) in [4.78, 5) is 13.5. The van der Waals surface area contributed by atoms with Crippen LogP contribution in [0.5, 0.6) is 0 Å². The lowest BCUT2D eigenvalue weighted by molar-refractivity contribution is -0.119. The Balaban J connectivity index is 1.60. The fourth-order valence-corrected chi connectivity index (χ4v) is 4.66. The van der Waals surface area contributed by atoms with Crippen LogP contribution >= 0.6 is 0 Å². The summed E-state index contributed by atoms with van der Waals surface area (Å²) in [6.07, 6.45) is 0. The van der Waals surface area contributed by atoms with E-state index in [-0.39, 0.29) is 10.8 Å². The summed E-state index contributed by atoms with van der Waals surface area (Å²) in [5, 5.41) is 6.67. The number of piperazine rings is 1. The first kappa shape index (κ1) is 20.5. The van der Waals surface area contributed by atoms with E-state index >= 15 is 0 Å². The number of sulfonamides is 1. The van der Waals surface area contributed by atoms with Crippen molar-refractivity contribution in [3.8, 4) is 0 Å². The van der Waals surface area contributed by atoms with Crippen LogP contribution in [0.15, 0.2) is 33.7 Å². The molecular weight excluding hydrogens is 380 g/mol. The lowest BCUT2D eigenvalue weighted by atomic mass is 10.2. The molecule has 0 aliphatic carbocycles. The molecule has 1 N–H and O–H groups in total. The predicted molar refractivity (Wildman–Crippen MR) is 104 cm³/mol. The second-order valence-corrected chi connectivity index (χ2v) is 8.97. The molecule has 1 amide bonds. The Kier molecular flexibility index (Phi) is 6.17. The lowest BCUT2D eigenvalue weighted by Crippen LogP contribution is -2.48. The van der Waals surface area contributed by atoms with Crippen LogP contribution in [0.4, 0.5) is 0 Å². The van der Waals surface area contributed by atoms with Gasteiger partial charge in [0, 0.05) is 51.8 Å². The quantitative estimate of drug-likeness (QED) is 0.780. The first-order valence-corrected chi connectivity index (χ1v) is 10.7. The average Bonchev–Trinajstić information content (AvgIpc) is 2.99. The molecule has 0 atom stereocenters. The highest BCUT2D eigenvalue weighted by Crippen LogP contribution is 2.20. The number of nitrogens with one attached hydrogen (secondary N) is 1. The number of carbonyl (C=O) groups excluding carboxylic acids is 1. The molecule has 1 aromatic carbocycles. The van der Waals surface area contributed by atoms with Crippen LogP contribution in [0.25, 0.3) is 0 Å². The van der Waals surface area contributed by atoms with E-state index in [4.69, 9.17) is 4.52 Å². The molecule has 0 bridgehead atoms. The largest absolute Gasteiger partial charge is 0.361 e. The number of aromatic nitrogens is 1. The Morgan fingerprint density at radius 1 is 1.14 bits per heavy atom. The second-order valence-electron chi connectivity index (χ2n) is 7.04. The Labute approximate surface area is 165 Å². The molecule has 0 saturated carbocycles. The van der Waals surface area contributed by atoms with E-state index in [0.29, 0.717) is 39.3 Å². The van der Waals surface area contributed by atoms with Gasteiger partial charge in [-0.15, -0.1) is 0 Å². The minimum Gasteiger partial charge on any atom is -0.361 e. The zero-order valence-electron chi connectivity index (χ0n) is 16.4. The van der Waals surface area contributed by atoms with Gasteiger partial charge in [0.15, 0.2) is 0 Å². The molecule has 152 valence electrons. The van der Waals surface area contributed by atoms with Crippen LogP contribution in [0.2, 0.25) is 0 Å². The lowest BCUT2D eigenvalue weighted by Gasteiger charge is -2.33. The maximum absolute atomic E-state index is 12.9. The first-order valence-electron chi connectivity index (χ1n) is 9.25. The molecule has 0 radical (unpaired) electrons. The van der Waals surface area contributed by atoms with E-state index < -0.39 is 10.0 Å². The van der Waals surface area contributed by atoms with Gasteiger partial charge in [0.25, 0.3) is 0 Å². The zero-order valence-corrected chi connectivity index (χ0v) is 17.3. The van der Waals surface area contributed by atoms with Crippen LogP contribution in [0.1, 0.15) is 29.5 Å². The highest BCUT2D eigenvalue weighted by Gasteiger charge is 2.29. The third kappa shape index (κ3) is 4.60. The molecule has 0 unspecified atom stereocenters. The van der Waals surface area contributed by atoms with E-state index in [0.717, 1.165) is 22.6 Å². The summed E-state index contributed by atoms with van der Waals surface area (Å²) in [7, 11) is -3.52. The number of amides is 1. The van der Waals surface area contributed by atoms with Gasteiger partial charge < -0.3 is 9.84 Å². The molecule has 28 heavy (non-hydrogen) atoms. The van der Waals surface area contributed by atoms with Crippen molar-refractivity contribution in [2.24, 2.45) is 0 Å². The normalized spacial score (nSPS) is 16.2. The standard InChI is InChI=1S/C19H26N4O4S/c1-14-19(15(2)27-21-14)13-22-8-10-23(11-9-22)28(25,26)18-6-4-17(5-7-18)12-20-16(3)24/h4-7H,8-13H2,1-3H3,(H,20,24). The third-order valence-corrected chi connectivity index (χ3v) is 6.91. The summed E-state index contributed by atoms with van der Waals surface area (Å²) in [5.74, 6) is 0.693. The van der Waals surface area contributed by atoms with E-state index in [1.54, 1.807) is 24.3 Å². The van der Waals surface area contributed by atoms with Crippen molar-refractivity contribution in [2.45, 2.75) is 38.8 Å². The van der Waals surface area contributed by atoms with Gasteiger partial charge in [0.2, 0.25) is 15.9 Å². The molecule has 1 fully saturated rings. The van der Waals surface area contributed by atoms with Gasteiger partial charge in [0.05, 0.1) is 10.6 Å². The number of carbonyl (C=O) groups is 1. The number of nitrogens with zero attached hydrogens (tertiary/aromatic N) is 3. The van der Waals surface area contributed by atoms with Gasteiger partial charge >= 0.3 is 0 Å². The van der Waals surface area contributed by atoms with Crippen LogP contribution in [-0.4, -0.2) is 54.9 Å². The zero-order chi connectivity index (χ0) is 20.3. The van der Waals surface area contributed by atoms with Gasteiger partial charge in [-0.05, 0) is 31.5 Å². The Morgan fingerprint density at radius 2 is 1.79 bits per heavy atom. The topological polar surface area (TPSA) is 95.8 Å². The van der Waals surface area contributed by atoms with Crippen LogP contribution in [0.3, 0.4) is 0 Å². The third-order valence-electron chi connectivity index (χ3n) is 5.00. The minimum atomic E-state index is -3.52. The van der Waals surface area contributed by atoms with Gasteiger partial charge in [-0.2, -0.15) is 4.31 Å². The first-order chi connectivity index (χ1) is 13.3. The predicted octanol–water partition coefficient (Wildman–Crippen LogP) is 1.43. The molecule has 2 heterocycles. The molecule has 3 rings (SSSR count). The fraction of sp³-hybridized carbons (Fsp3) is 0.474. The average molecular weight is 407 g/mol. The van der Waals surface area contributed by atoms with E-state index in [9.17, 15) is 13.2 Å². The summed E-state index contributed by atoms with van der Waals surface area (Å²) >= 11 is 0. The van der Waals surface area contributed by atoms with Crippen molar-refractivity contribution in [1.29, 1.82) is 0 Å². The number of rotatable bonds is 6. The minimum absolute atomic E-state index is 0.119. The Hall–Kier alpha value is -2.23. The van der Waals surface area contributed by atoms with Gasteiger partial charge in [-0.25, -0.2) is 8.42 Å². The van der Waals surface area contributed by atoms with Crippen LogP contribution in [-0.2, 0) is 27.9 Å². The molecule has 1 aromatic heterocycles. The number of benzene rings is 1. The Bertz CT molecular complexity index is 910. The molecular formula is C19H26N4O4S. The molecule has 9 heteroatoms. The number of aryl methyl sites for hydroxylation is 2. The van der Waals surface area contributed by atoms with Crippen molar-refractivity contribution in [2.75, 3.05) is 26.2 Å². The molecule has 1 aliphatic heterocycles. The molecule has 8 nitrogen and oxygen atoms in total. The molecule has 2 aromatic rings. The van der Waals surface area contributed by atoms with E-state index in [2.05, 4.69) is 15.4 Å². The van der Waals surface area contributed by atoms with Crippen molar-refractivity contribution in [3.05, 3.63) is 46.8 Å². The van der Waals surface area contributed by atoms with Gasteiger partial charge in [-0.3, -0.25) is 9.69 Å². The number of hydrogen-bond acceptors (Lipinski definition) is 6. The summed E-state index contributed by atoms with van der Waals surface area (Å²) in [6.45, 7) is 8.56. The SMILES string of the molecule is CC(=O)NCc1ccc(S(=O)(=O)N2CCN(Cc3c(C)noc3C)CC2)cc1. The molecule has 1 saturated heterocycles. The van der Waals surface area contributed by atoms with Crippen molar-refractivity contribution in [1.82, 2.24) is 19.7 Å². The van der Waals surface area contributed by atoms with Crippen molar-refractivity contribution in [3.63, 3.8) is 0 Å². The maximum Gasteiger partial charge on any atom is 0.243 e. The molecule has 1 aliphatic rings. The van der Waals surface area contributed by atoms with Crippen LogP contribution < -0.4 is 5.32 Å². The van der Waals surface area contributed by atoms with Crippen molar-refractivity contribution >= 4 is 15.9 Å². The summed E-state index contributed by atoms with van der Waals surface area (Å²) in [5.41, 5.74) is 2.82. The highest BCUT2D eigenvalue weighted by molar-refractivity contribution is 7.89. The summed E-state index contributed by atoms with van der Waals surface area (Å²) in [6, 6.07) is 6.67. The maximum atomic E-state index is 12.9. The monoisotopic (exact) mass is 406 g/mol. The Morgan fingerprint density at radius 3 is 2.32 bits per heavy atom. The van der Waals surface area contributed by atoms with E-state index in [1.165, 1.54) is 11.2 Å². The fourth-order valence-electron chi connectivity index (χ4n) is 3.23. The second kappa shape index (κ2) is 8.42. The number of hydrogen-bond donors (Lipinski definition) is 1. The van der Waals surface area contributed by atoms with E-state index in [1.807, 2.05) is 13.8 Å².